The second-order valence-corrected chi connectivity index (χ2v) is 8.31. The maximum absolute atomic E-state index is 13.3. The van der Waals surface area contributed by atoms with Gasteiger partial charge in [-0.15, -0.1) is 0 Å². The number of hydrogen-bond donors (Lipinski definition) is 1. The highest BCUT2D eigenvalue weighted by Gasteiger charge is 2.32. The fourth-order valence-corrected chi connectivity index (χ4v) is 4.29. The van der Waals surface area contributed by atoms with Crippen LogP contribution in [0.3, 0.4) is 0 Å². The molecule has 1 aromatic carbocycles. The molecule has 160 valence electrons. The number of likely N-dealkylation sites (tertiary alicyclic amines) is 1. The second-order valence-electron chi connectivity index (χ2n) is 8.31. The first-order chi connectivity index (χ1) is 14.5. The number of carbonyl (C=O) groups is 1. The molecule has 1 saturated heterocycles. The van der Waals surface area contributed by atoms with Gasteiger partial charge in [0.25, 0.3) is 5.91 Å². The summed E-state index contributed by atoms with van der Waals surface area (Å²) < 4.78 is 5.94. The van der Waals surface area contributed by atoms with Crippen LogP contribution in [0.25, 0.3) is 11.0 Å². The van der Waals surface area contributed by atoms with Crippen molar-refractivity contribution in [3.8, 4) is 0 Å². The first-order valence-corrected chi connectivity index (χ1v) is 11.1. The Morgan fingerprint density at radius 2 is 1.97 bits per heavy atom. The molecule has 30 heavy (non-hydrogen) atoms. The van der Waals surface area contributed by atoms with E-state index < -0.39 is 0 Å². The van der Waals surface area contributed by atoms with Crippen molar-refractivity contribution in [2.24, 2.45) is 0 Å². The van der Waals surface area contributed by atoms with Gasteiger partial charge >= 0.3 is 0 Å². The van der Waals surface area contributed by atoms with Gasteiger partial charge in [0.05, 0.1) is 23.6 Å². The van der Waals surface area contributed by atoms with Gasteiger partial charge in [-0.1, -0.05) is 13.8 Å². The summed E-state index contributed by atoms with van der Waals surface area (Å²) in [4.78, 5) is 25.8. The van der Waals surface area contributed by atoms with Crippen LogP contribution in [0.1, 0.15) is 72.4 Å². The summed E-state index contributed by atoms with van der Waals surface area (Å²) in [5.74, 6) is 2.09. The maximum Gasteiger partial charge on any atom is 0.290 e. The highest BCUT2D eigenvalue weighted by atomic mass is 16.4. The van der Waals surface area contributed by atoms with Gasteiger partial charge in [-0.3, -0.25) is 9.69 Å². The summed E-state index contributed by atoms with van der Waals surface area (Å²) >= 11 is 0. The van der Waals surface area contributed by atoms with Crippen molar-refractivity contribution in [1.29, 1.82) is 0 Å². The van der Waals surface area contributed by atoms with Crippen LogP contribution >= 0.6 is 0 Å². The lowest BCUT2D eigenvalue weighted by atomic mass is 10.0. The van der Waals surface area contributed by atoms with Gasteiger partial charge in [0, 0.05) is 6.54 Å². The fraction of sp³-hybridized carbons (Fsp3) is 0.500. The number of benzene rings is 1. The number of amides is 1. The number of piperidine rings is 1. The summed E-state index contributed by atoms with van der Waals surface area (Å²) in [7, 11) is 0. The number of H-pyrrole nitrogens is 1. The van der Waals surface area contributed by atoms with Crippen molar-refractivity contribution in [3.05, 3.63) is 52.7 Å². The molecule has 1 aliphatic heterocycles. The molecule has 0 unspecified atom stereocenters. The minimum atomic E-state index is -0.0457. The number of aromatic amines is 1. The summed E-state index contributed by atoms with van der Waals surface area (Å²) in [6.07, 6.45) is 3.01. The zero-order chi connectivity index (χ0) is 21.3. The normalized spacial score (nSPS) is 17.2. The molecule has 0 aliphatic carbocycles. The highest BCUT2D eigenvalue weighted by Crippen LogP contribution is 2.32. The van der Waals surface area contributed by atoms with Gasteiger partial charge in [0.15, 0.2) is 5.76 Å². The van der Waals surface area contributed by atoms with Crippen molar-refractivity contribution < 1.29 is 9.21 Å². The van der Waals surface area contributed by atoms with Crippen molar-refractivity contribution in [3.63, 3.8) is 0 Å². The third kappa shape index (κ3) is 4.01. The van der Waals surface area contributed by atoms with Gasteiger partial charge < -0.3 is 14.3 Å². The average molecular weight is 409 g/mol. The van der Waals surface area contributed by atoms with E-state index in [2.05, 4.69) is 49.7 Å². The molecule has 6 heteroatoms. The monoisotopic (exact) mass is 408 g/mol. The quantitative estimate of drug-likeness (QED) is 0.625. The Bertz CT molecular complexity index is 992. The van der Waals surface area contributed by atoms with Crippen LogP contribution in [0.4, 0.5) is 0 Å². The van der Waals surface area contributed by atoms with Gasteiger partial charge in [0.1, 0.15) is 11.6 Å². The highest BCUT2D eigenvalue weighted by molar-refractivity contribution is 5.92. The lowest BCUT2D eigenvalue weighted by Gasteiger charge is -2.33. The van der Waals surface area contributed by atoms with E-state index in [-0.39, 0.29) is 11.9 Å². The minimum absolute atomic E-state index is 0.0432. The SMILES string of the molecule is CCN(CC)Cc1ccc(C(=O)N2CCCC[C@H]2c2nc3cc(C)c(C)cc3[nH]2)o1. The molecule has 1 amide bonds. The second kappa shape index (κ2) is 8.64. The number of aromatic nitrogens is 2. The van der Waals surface area contributed by atoms with E-state index in [9.17, 15) is 4.79 Å². The van der Waals surface area contributed by atoms with Crippen LogP contribution < -0.4 is 0 Å². The predicted octanol–water partition coefficient (Wildman–Crippen LogP) is 4.98. The number of hydrogen-bond acceptors (Lipinski definition) is 4. The van der Waals surface area contributed by atoms with Crippen molar-refractivity contribution >= 4 is 16.9 Å². The summed E-state index contributed by atoms with van der Waals surface area (Å²) in [6.45, 7) is 11.8. The maximum atomic E-state index is 13.3. The Morgan fingerprint density at radius 3 is 2.73 bits per heavy atom. The van der Waals surface area contributed by atoms with Gasteiger partial charge in [0.2, 0.25) is 0 Å². The van der Waals surface area contributed by atoms with Crippen LogP contribution in [-0.4, -0.2) is 45.3 Å². The standard InChI is InChI=1S/C24H32N4O2/c1-5-27(6-2)15-18-10-11-22(30-18)24(29)28-12-8-7-9-21(28)23-25-19-13-16(3)17(4)14-20(19)26-23/h10-11,13-14,21H,5-9,12,15H2,1-4H3,(H,25,26)/t21-/m0/s1. The Labute approximate surface area is 178 Å². The molecule has 1 aliphatic rings. The number of rotatable bonds is 6. The van der Waals surface area contributed by atoms with E-state index in [0.717, 1.165) is 68.1 Å². The zero-order valence-corrected chi connectivity index (χ0v) is 18.5. The van der Waals surface area contributed by atoms with E-state index >= 15 is 0 Å². The van der Waals surface area contributed by atoms with Crippen LogP contribution in [-0.2, 0) is 6.54 Å². The van der Waals surface area contributed by atoms with E-state index in [1.165, 1.54) is 11.1 Å². The minimum Gasteiger partial charge on any atom is -0.455 e. The first-order valence-electron chi connectivity index (χ1n) is 11.1. The average Bonchev–Trinajstić information content (AvgIpc) is 3.38. The Kier molecular flexibility index (Phi) is 5.95. The number of aryl methyl sites for hydroxylation is 2. The van der Waals surface area contributed by atoms with Gasteiger partial charge in [-0.2, -0.15) is 0 Å². The summed E-state index contributed by atoms with van der Waals surface area (Å²) in [5.41, 5.74) is 4.47. The number of carbonyl (C=O) groups excluding carboxylic acids is 1. The van der Waals surface area contributed by atoms with Gasteiger partial charge in [-0.05, 0) is 81.6 Å². The van der Waals surface area contributed by atoms with Crippen LogP contribution in [0, 0.1) is 13.8 Å². The third-order valence-corrected chi connectivity index (χ3v) is 6.34. The molecule has 1 fully saturated rings. The Balaban J connectivity index is 1.58. The predicted molar refractivity (Wildman–Crippen MR) is 119 cm³/mol. The molecular weight excluding hydrogens is 376 g/mol. The van der Waals surface area contributed by atoms with Crippen molar-refractivity contribution in [2.75, 3.05) is 19.6 Å². The van der Waals surface area contributed by atoms with Gasteiger partial charge in [-0.25, -0.2) is 4.98 Å². The lowest BCUT2D eigenvalue weighted by molar-refractivity contribution is 0.0565. The van der Waals surface area contributed by atoms with Crippen molar-refractivity contribution in [2.45, 2.75) is 59.5 Å². The molecule has 2 aromatic heterocycles. The molecule has 1 atom stereocenters. The van der Waals surface area contributed by atoms with E-state index in [1.54, 1.807) is 0 Å². The van der Waals surface area contributed by atoms with Crippen LogP contribution in [0.5, 0.6) is 0 Å². The number of furan rings is 1. The number of nitrogens with zero attached hydrogens (tertiary/aromatic N) is 3. The molecule has 0 spiro atoms. The largest absolute Gasteiger partial charge is 0.455 e. The van der Waals surface area contributed by atoms with Crippen LogP contribution in [0.2, 0.25) is 0 Å². The molecule has 3 aromatic rings. The van der Waals surface area contributed by atoms with Crippen molar-refractivity contribution in [1.82, 2.24) is 19.8 Å². The smallest absolute Gasteiger partial charge is 0.290 e. The topological polar surface area (TPSA) is 65.4 Å². The Hall–Kier alpha value is -2.60. The molecule has 1 N–H and O–H groups in total. The van der Waals surface area contributed by atoms with E-state index in [1.807, 2.05) is 17.0 Å². The molecule has 0 radical (unpaired) electrons. The zero-order valence-electron chi connectivity index (χ0n) is 18.5. The molecule has 6 nitrogen and oxygen atoms in total. The molecule has 0 saturated carbocycles. The molecular formula is C24H32N4O2. The summed E-state index contributed by atoms with van der Waals surface area (Å²) in [6, 6.07) is 7.96. The molecule has 4 rings (SSSR count). The first kappa shape index (κ1) is 20.7. The number of fused-ring (bicyclic) bond motifs is 1. The Morgan fingerprint density at radius 1 is 1.20 bits per heavy atom. The van der Waals surface area contributed by atoms with E-state index in [4.69, 9.17) is 9.40 Å². The fourth-order valence-electron chi connectivity index (χ4n) is 4.29. The summed E-state index contributed by atoms with van der Waals surface area (Å²) in [5, 5.41) is 0. The lowest BCUT2D eigenvalue weighted by Crippen LogP contribution is -2.38. The molecule has 3 heterocycles. The molecule has 0 bridgehead atoms. The van der Waals surface area contributed by atoms with E-state index in [0.29, 0.717) is 5.76 Å². The number of nitrogens with one attached hydrogen (secondary N) is 1. The number of imidazole rings is 1. The van der Waals surface area contributed by atoms with Crippen LogP contribution in [0.15, 0.2) is 28.7 Å². The third-order valence-electron chi connectivity index (χ3n) is 6.34.